The number of ether oxygens (including phenoxy) is 7. The molecule has 3 fully saturated rings. The Bertz CT molecular complexity index is 2210. The van der Waals surface area contributed by atoms with Gasteiger partial charge in [-0.2, -0.15) is 0 Å². The number of phosphoric acid groups is 1. The number of carbonyl (C=O) groups is 3. The third-order valence-corrected chi connectivity index (χ3v) is 21.0. The highest BCUT2D eigenvalue weighted by Gasteiger charge is 2.58. The van der Waals surface area contributed by atoms with E-state index in [0.29, 0.717) is 18.8 Å². The molecule has 19 atom stereocenters. The van der Waals surface area contributed by atoms with Crippen LogP contribution < -0.4 is 0 Å². The van der Waals surface area contributed by atoms with Crippen LogP contribution in [0, 0.1) is 5.92 Å². The van der Waals surface area contributed by atoms with Gasteiger partial charge in [0.15, 0.2) is 18.7 Å². The molecule has 0 aromatic heterocycles. The molecule has 1 saturated carbocycles. The van der Waals surface area contributed by atoms with Crippen LogP contribution >= 0.6 is 7.82 Å². The summed E-state index contributed by atoms with van der Waals surface area (Å²) in [6.45, 7) is 5.69. The number of rotatable bonds is 62. The second kappa shape index (κ2) is 57.5. The molecule has 0 amide bonds. The lowest BCUT2D eigenvalue weighted by atomic mass is 9.84. The first kappa shape index (κ1) is 93.6. The highest BCUT2D eigenvalue weighted by atomic mass is 31.2. The van der Waals surface area contributed by atoms with Gasteiger partial charge in [0, 0.05) is 18.9 Å². The molecule has 102 heavy (non-hydrogen) atoms. The van der Waals surface area contributed by atoms with E-state index in [0.717, 1.165) is 96.0 Å². The van der Waals surface area contributed by atoms with Crippen LogP contribution in [-0.4, -0.2) is 204 Å². The van der Waals surface area contributed by atoms with Gasteiger partial charge in [-0.15, -0.1) is 0 Å². The molecule has 3 rings (SSSR count). The Hall–Kier alpha value is -2.56. The van der Waals surface area contributed by atoms with Crippen LogP contribution in [-0.2, 0) is 61.2 Å². The summed E-state index contributed by atoms with van der Waals surface area (Å²) in [6.07, 6.45) is 18.7. The number of phosphoric ester groups is 1. The molecule has 19 unspecified atom stereocenters. The fourth-order valence-corrected chi connectivity index (χ4v) is 14.3. The van der Waals surface area contributed by atoms with E-state index in [1.54, 1.807) is 6.08 Å². The predicted octanol–water partition coefficient (Wildman–Crippen LogP) is 11.9. The highest BCUT2D eigenvalue weighted by molar-refractivity contribution is 7.47. The summed E-state index contributed by atoms with van der Waals surface area (Å²) in [7, 11) is -5.73. The SMILES string of the molecule is CCCCCCCCCCCCC/C=C/C=C/C(=O)OC(COC(=O)CCCCCCCCCCCCCCCCCC)COP(=O)(O)OC1C(OC2OC(CO)C(O)C(O)C2O)C(O)C(O)C(O)C1OC1OC(COC(=O)CCCCCCCCC(C)CCCCCCCC)C(O)C(O)C1O. The third-order valence-electron chi connectivity index (χ3n) is 20.0. The molecule has 1 aliphatic carbocycles. The van der Waals surface area contributed by atoms with Crippen molar-refractivity contribution < 1.29 is 117 Å². The molecule has 2 saturated heterocycles. The molecule has 0 radical (unpaired) electrons. The molecule has 11 N–H and O–H groups in total. The van der Waals surface area contributed by atoms with Crippen LogP contribution in [0.2, 0.25) is 0 Å². The van der Waals surface area contributed by atoms with Gasteiger partial charge < -0.3 is 89.1 Å². The van der Waals surface area contributed by atoms with E-state index in [9.17, 15) is 74.9 Å². The van der Waals surface area contributed by atoms with Crippen molar-refractivity contribution >= 4 is 25.7 Å². The molecule has 2 aliphatic heterocycles. The Morgan fingerprint density at radius 1 is 0.431 bits per heavy atom. The Morgan fingerprint density at radius 2 is 0.804 bits per heavy atom. The van der Waals surface area contributed by atoms with Crippen LogP contribution in [0.15, 0.2) is 24.3 Å². The average Bonchev–Trinajstić information content (AvgIpc) is 0.761. The van der Waals surface area contributed by atoms with E-state index in [1.807, 2.05) is 6.08 Å². The molecule has 0 spiro atoms. The molecule has 3 aliphatic rings. The van der Waals surface area contributed by atoms with Gasteiger partial charge in [-0.25, -0.2) is 9.36 Å². The van der Waals surface area contributed by atoms with Crippen molar-refractivity contribution in [2.24, 2.45) is 5.92 Å². The largest absolute Gasteiger partial charge is 0.472 e. The zero-order valence-corrected chi connectivity index (χ0v) is 63.7. The summed E-state index contributed by atoms with van der Waals surface area (Å²) in [5.41, 5.74) is 0. The number of esters is 3. The van der Waals surface area contributed by atoms with Crippen molar-refractivity contribution in [3.05, 3.63) is 24.3 Å². The smallest absolute Gasteiger partial charge is 0.463 e. The number of aliphatic hydroxyl groups is 10. The van der Waals surface area contributed by atoms with Gasteiger partial charge in [-0.3, -0.25) is 18.6 Å². The second-order valence-electron chi connectivity index (χ2n) is 29.1. The molecule has 25 heteroatoms. The van der Waals surface area contributed by atoms with E-state index < -0.39 is 156 Å². The lowest BCUT2D eigenvalue weighted by Crippen LogP contribution is -2.69. The monoisotopic (exact) mass is 1480 g/mol. The molecule has 24 nitrogen and oxygen atoms in total. The fraction of sp³-hybridized carbons (Fsp3) is 0.909. The van der Waals surface area contributed by atoms with E-state index >= 15 is 0 Å². The number of hydrogen-bond acceptors (Lipinski definition) is 23. The number of aliphatic hydroxyl groups excluding tert-OH is 10. The minimum absolute atomic E-state index is 0.0258. The zero-order valence-electron chi connectivity index (χ0n) is 62.8. The van der Waals surface area contributed by atoms with Crippen molar-refractivity contribution in [2.75, 3.05) is 26.4 Å². The quantitative estimate of drug-likeness (QED) is 0.00673. The van der Waals surface area contributed by atoms with Crippen LogP contribution in [0.25, 0.3) is 0 Å². The van der Waals surface area contributed by atoms with Crippen LogP contribution in [0.1, 0.15) is 310 Å². The first-order chi connectivity index (χ1) is 49.2. The third kappa shape index (κ3) is 40.0. The number of carbonyl (C=O) groups excluding carboxylic acids is 3. The summed E-state index contributed by atoms with van der Waals surface area (Å²) in [5, 5.41) is 110. The van der Waals surface area contributed by atoms with E-state index in [2.05, 4.69) is 27.7 Å². The van der Waals surface area contributed by atoms with E-state index in [4.69, 9.17) is 42.2 Å². The van der Waals surface area contributed by atoms with Gasteiger partial charge in [0.05, 0.1) is 13.2 Å². The van der Waals surface area contributed by atoms with Crippen molar-refractivity contribution in [3.63, 3.8) is 0 Å². The molecular weight excluding hydrogens is 1340 g/mol. The summed E-state index contributed by atoms with van der Waals surface area (Å²) < 4.78 is 65.0. The van der Waals surface area contributed by atoms with Crippen molar-refractivity contribution in [2.45, 2.75) is 414 Å². The average molecular weight is 1480 g/mol. The summed E-state index contributed by atoms with van der Waals surface area (Å²) in [4.78, 5) is 51.0. The summed E-state index contributed by atoms with van der Waals surface area (Å²) in [6, 6.07) is 0. The maximum atomic E-state index is 14.4. The summed E-state index contributed by atoms with van der Waals surface area (Å²) >= 11 is 0. The minimum Gasteiger partial charge on any atom is -0.463 e. The Kier molecular flexibility index (Phi) is 52.8. The number of hydrogen-bond donors (Lipinski definition) is 11. The van der Waals surface area contributed by atoms with Gasteiger partial charge in [-0.1, -0.05) is 290 Å². The molecule has 2 heterocycles. The lowest BCUT2D eigenvalue weighted by Gasteiger charge is -2.49. The Labute approximate surface area is 611 Å². The Morgan fingerprint density at radius 3 is 1.24 bits per heavy atom. The van der Waals surface area contributed by atoms with Gasteiger partial charge in [0.2, 0.25) is 0 Å². The topological polar surface area (TPSA) is 374 Å². The molecule has 0 bridgehead atoms. The minimum atomic E-state index is -5.73. The highest BCUT2D eigenvalue weighted by Crippen LogP contribution is 2.49. The first-order valence-electron chi connectivity index (χ1n) is 40.1. The number of unbranched alkanes of at least 4 members (excludes halogenated alkanes) is 36. The van der Waals surface area contributed by atoms with Crippen LogP contribution in [0.5, 0.6) is 0 Å². The van der Waals surface area contributed by atoms with Crippen molar-refractivity contribution in [3.8, 4) is 0 Å². The maximum absolute atomic E-state index is 14.4. The first-order valence-corrected chi connectivity index (χ1v) is 41.5. The van der Waals surface area contributed by atoms with Crippen LogP contribution in [0.4, 0.5) is 0 Å². The van der Waals surface area contributed by atoms with Gasteiger partial charge in [0.1, 0.15) is 98.7 Å². The van der Waals surface area contributed by atoms with Crippen molar-refractivity contribution in [1.82, 2.24) is 0 Å². The maximum Gasteiger partial charge on any atom is 0.472 e. The standard InChI is InChI=1S/C77H141O24P/c1-5-8-11-14-17-19-21-23-25-27-28-30-32-34-40-45-50-61(79)93-54-58(96-63(81)52-47-42-35-33-31-29-26-24-22-20-18-15-12-9-6-2)55-95-102(91,92)101-75-73(99-76-71(89)66(84)64(82)59(53-78)97-76)69(87)68(86)70(88)74(75)100-77-72(90)67(85)65(83)60(98-77)56-94-62(80)51-46-41-37-36-39-44-49-57(4)48-43-38-16-13-10-7-3/h35,42,47,52,57-60,64-78,82-90H,5-34,36-41,43-46,48-51,53-56H2,1-4H3,(H,91,92)/b42-35+,52-47+. The Balaban J connectivity index is 1.73. The molecular formula is C77H141O24P. The molecule has 598 valence electrons. The van der Waals surface area contributed by atoms with Gasteiger partial charge in [-0.05, 0) is 31.6 Å². The lowest BCUT2D eigenvalue weighted by molar-refractivity contribution is -0.360. The van der Waals surface area contributed by atoms with Crippen LogP contribution in [0.3, 0.4) is 0 Å². The number of allylic oxidation sites excluding steroid dienone is 3. The van der Waals surface area contributed by atoms with Crippen molar-refractivity contribution in [1.29, 1.82) is 0 Å². The normalized spacial score (nSPS) is 27.4. The summed E-state index contributed by atoms with van der Waals surface area (Å²) in [5.74, 6) is -1.54. The van der Waals surface area contributed by atoms with Gasteiger partial charge in [0.25, 0.3) is 0 Å². The van der Waals surface area contributed by atoms with E-state index in [-0.39, 0.29) is 12.8 Å². The van der Waals surface area contributed by atoms with E-state index in [1.165, 1.54) is 173 Å². The predicted molar refractivity (Wildman–Crippen MR) is 388 cm³/mol. The molecule has 0 aromatic rings. The zero-order chi connectivity index (χ0) is 74.8. The second-order valence-corrected chi connectivity index (χ2v) is 30.5. The molecule has 0 aromatic carbocycles. The fourth-order valence-electron chi connectivity index (χ4n) is 13.4. The van der Waals surface area contributed by atoms with Gasteiger partial charge >= 0.3 is 25.7 Å².